The van der Waals surface area contributed by atoms with Crippen molar-refractivity contribution in [3.8, 4) is 0 Å². The first kappa shape index (κ1) is 18.4. The maximum absolute atomic E-state index is 10.7. The van der Waals surface area contributed by atoms with E-state index in [0.717, 1.165) is 17.6 Å². The molecule has 0 aromatic carbocycles. The summed E-state index contributed by atoms with van der Waals surface area (Å²) in [7, 11) is 0. The lowest BCUT2D eigenvalue weighted by Crippen LogP contribution is -2.16. The Bertz CT molecular complexity index is 608. The monoisotopic (exact) mass is 316 g/mol. The Morgan fingerprint density at radius 3 is 2.50 bits per heavy atom. The number of carbonyl (C=O) groups is 1. The molecule has 2 heteroatoms. The van der Waals surface area contributed by atoms with Crippen LogP contribution in [0.5, 0.6) is 0 Å². The van der Waals surface area contributed by atoms with Gasteiger partial charge in [0.15, 0.2) is 0 Å². The van der Waals surface area contributed by atoms with Crippen LogP contribution in [0.15, 0.2) is 70.9 Å². The summed E-state index contributed by atoms with van der Waals surface area (Å²) >= 11 is 5.30. The molecule has 1 aliphatic rings. The van der Waals surface area contributed by atoms with Crippen molar-refractivity contribution in [2.75, 3.05) is 0 Å². The average molecular weight is 317 g/mol. The van der Waals surface area contributed by atoms with E-state index in [-0.39, 0.29) is 5.41 Å². The highest BCUT2D eigenvalue weighted by Gasteiger charge is 2.23. The molecule has 0 fully saturated rings. The van der Waals surface area contributed by atoms with E-state index >= 15 is 0 Å². The maximum Gasteiger partial charge on any atom is 0.245 e. The first-order valence-corrected chi connectivity index (χ1v) is 7.89. The summed E-state index contributed by atoms with van der Waals surface area (Å²) in [6.07, 6.45) is 17.1. The summed E-state index contributed by atoms with van der Waals surface area (Å²) in [5.74, 6) is 0. The highest BCUT2D eigenvalue weighted by atomic mass is 35.5. The molecule has 0 radical (unpaired) electrons. The fourth-order valence-corrected chi connectivity index (χ4v) is 2.64. The molecule has 0 aliphatic heterocycles. The van der Waals surface area contributed by atoms with Crippen LogP contribution in [0.3, 0.4) is 0 Å². The van der Waals surface area contributed by atoms with E-state index in [2.05, 4.69) is 52.0 Å². The molecule has 0 heterocycles. The summed E-state index contributed by atoms with van der Waals surface area (Å²) in [5, 5.41) is -0.447. The van der Waals surface area contributed by atoms with Crippen LogP contribution in [0.1, 0.15) is 41.0 Å². The Morgan fingerprint density at radius 1 is 1.23 bits per heavy atom. The molecule has 0 saturated heterocycles. The van der Waals surface area contributed by atoms with E-state index in [1.807, 2.05) is 25.2 Å². The van der Waals surface area contributed by atoms with Gasteiger partial charge in [0.1, 0.15) is 0 Å². The molecule has 118 valence electrons. The smallest absolute Gasteiger partial charge is 0.245 e. The molecule has 0 saturated carbocycles. The van der Waals surface area contributed by atoms with Gasteiger partial charge in [-0.3, -0.25) is 4.79 Å². The predicted molar refractivity (Wildman–Crippen MR) is 96.9 cm³/mol. The van der Waals surface area contributed by atoms with Gasteiger partial charge >= 0.3 is 0 Å². The lowest BCUT2D eigenvalue weighted by molar-refractivity contribution is -0.107. The van der Waals surface area contributed by atoms with Crippen LogP contribution >= 0.6 is 11.6 Å². The number of allylic oxidation sites excluding steroid dienone is 12. The second kappa shape index (κ2) is 8.14. The van der Waals surface area contributed by atoms with Gasteiger partial charge in [-0.05, 0) is 60.9 Å². The third-order valence-corrected chi connectivity index (χ3v) is 3.83. The zero-order chi connectivity index (χ0) is 16.8. The molecule has 0 N–H and O–H groups in total. The molecular formula is C20H25ClO. The molecule has 22 heavy (non-hydrogen) atoms. The Balaban J connectivity index is 2.82. The number of halogens is 1. The van der Waals surface area contributed by atoms with E-state index in [1.54, 1.807) is 0 Å². The first-order valence-electron chi connectivity index (χ1n) is 7.51. The van der Waals surface area contributed by atoms with Crippen molar-refractivity contribution in [2.45, 2.75) is 41.0 Å². The van der Waals surface area contributed by atoms with Crippen LogP contribution in [-0.2, 0) is 4.79 Å². The van der Waals surface area contributed by atoms with E-state index in [4.69, 9.17) is 11.6 Å². The minimum Gasteiger partial charge on any atom is -0.276 e. The summed E-state index contributed by atoms with van der Waals surface area (Å²) in [6, 6.07) is 0. The largest absolute Gasteiger partial charge is 0.276 e. The Morgan fingerprint density at radius 2 is 1.91 bits per heavy atom. The van der Waals surface area contributed by atoms with Crippen LogP contribution in [0, 0.1) is 5.41 Å². The van der Waals surface area contributed by atoms with Crippen LogP contribution < -0.4 is 0 Å². The molecule has 0 atom stereocenters. The molecule has 1 rings (SSSR count). The lowest BCUT2D eigenvalue weighted by atomic mass is 9.75. The standard InChI is InChI=1S/C20H25ClO/c1-15(8-6-9-16(2)14-19(21)22)11-12-18-17(3)10-7-13-20(18,4)5/h6-12,14H,13H2,1-5H3. The average Bonchev–Trinajstić information content (AvgIpc) is 2.36. The van der Waals surface area contributed by atoms with Crippen molar-refractivity contribution in [1.29, 1.82) is 0 Å². The van der Waals surface area contributed by atoms with E-state index < -0.39 is 5.24 Å². The minimum absolute atomic E-state index is 0.186. The summed E-state index contributed by atoms with van der Waals surface area (Å²) in [6.45, 7) is 10.6. The summed E-state index contributed by atoms with van der Waals surface area (Å²) in [4.78, 5) is 10.7. The Labute approximate surface area is 139 Å². The summed E-state index contributed by atoms with van der Waals surface area (Å²) < 4.78 is 0. The van der Waals surface area contributed by atoms with Gasteiger partial charge < -0.3 is 0 Å². The molecule has 0 spiro atoms. The zero-order valence-corrected chi connectivity index (χ0v) is 14.9. The van der Waals surface area contributed by atoms with Crippen molar-refractivity contribution in [2.24, 2.45) is 5.41 Å². The van der Waals surface area contributed by atoms with Crippen molar-refractivity contribution in [3.63, 3.8) is 0 Å². The number of carbonyl (C=O) groups excluding carboxylic acids is 1. The van der Waals surface area contributed by atoms with Gasteiger partial charge in [-0.25, -0.2) is 0 Å². The molecule has 0 aromatic rings. The zero-order valence-electron chi connectivity index (χ0n) is 14.1. The third kappa shape index (κ3) is 6.03. The predicted octanol–water partition coefficient (Wildman–Crippen LogP) is 6.06. The van der Waals surface area contributed by atoms with Gasteiger partial charge in [-0.2, -0.15) is 0 Å². The molecular weight excluding hydrogens is 292 g/mol. The SMILES string of the molecule is CC(C=CC1=C(C)C=CCC1(C)C)=CC=CC(C)=CC(=O)Cl. The first-order chi connectivity index (χ1) is 10.2. The minimum atomic E-state index is -0.447. The topological polar surface area (TPSA) is 17.1 Å². The summed E-state index contributed by atoms with van der Waals surface area (Å²) in [5.41, 5.74) is 4.90. The Kier molecular flexibility index (Phi) is 6.83. The second-order valence-electron chi connectivity index (χ2n) is 6.38. The fraction of sp³-hybridized carbons (Fsp3) is 0.350. The fourth-order valence-electron chi connectivity index (χ4n) is 2.47. The van der Waals surface area contributed by atoms with Crippen LogP contribution in [0.2, 0.25) is 0 Å². The van der Waals surface area contributed by atoms with E-state index in [1.165, 1.54) is 17.2 Å². The molecule has 1 nitrogen and oxygen atoms in total. The van der Waals surface area contributed by atoms with Crippen molar-refractivity contribution in [3.05, 3.63) is 70.9 Å². The molecule has 0 unspecified atom stereocenters. The highest BCUT2D eigenvalue weighted by Crippen LogP contribution is 2.37. The van der Waals surface area contributed by atoms with Gasteiger partial charge in [0, 0.05) is 6.08 Å². The molecule has 0 amide bonds. The van der Waals surface area contributed by atoms with Crippen molar-refractivity contribution >= 4 is 16.8 Å². The maximum atomic E-state index is 10.7. The van der Waals surface area contributed by atoms with Gasteiger partial charge in [0.05, 0.1) is 0 Å². The Hall–Kier alpha value is -1.60. The van der Waals surface area contributed by atoms with Crippen molar-refractivity contribution in [1.82, 2.24) is 0 Å². The second-order valence-corrected chi connectivity index (χ2v) is 6.76. The van der Waals surface area contributed by atoms with Crippen LogP contribution in [0.25, 0.3) is 0 Å². The molecule has 1 aliphatic carbocycles. The normalized spacial score (nSPS) is 19.5. The van der Waals surface area contributed by atoms with Gasteiger partial charge in [0.2, 0.25) is 5.24 Å². The van der Waals surface area contributed by atoms with E-state index in [9.17, 15) is 4.79 Å². The van der Waals surface area contributed by atoms with Crippen molar-refractivity contribution < 1.29 is 4.79 Å². The van der Waals surface area contributed by atoms with Gasteiger partial charge in [-0.15, -0.1) is 0 Å². The number of hydrogen-bond donors (Lipinski definition) is 0. The van der Waals surface area contributed by atoms with E-state index in [0.29, 0.717) is 0 Å². The quantitative estimate of drug-likeness (QED) is 0.342. The van der Waals surface area contributed by atoms with Gasteiger partial charge in [0.25, 0.3) is 0 Å². The number of hydrogen-bond acceptors (Lipinski definition) is 1. The molecule has 0 aromatic heterocycles. The van der Waals surface area contributed by atoms with Crippen LogP contribution in [0.4, 0.5) is 0 Å². The molecule has 0 bridgehead atoms. The van der Waals surface area contributed by atoms with Crippen LogP contribution in [-0.4, -0.2) is 5.24 Å². The number of rotatable bonds is 5. The highest BCUT2D eigenvalue weighted by molar-refractivity contribution is 6.66. The lowest BCUT2D eigenvalue weighted by Gasteiger charge is -2.29. The van der Waals surface area contributed by atoms with Gasteiger partial charge in [-0.1, -0.05) is 62.0 Å². The third-order valence-electron chi connectivity index (χ3n) is 3.72.